The summed E-state index contributed by atoms with van der Waals surface area (Å²) in [7, 11) is 0. The second-order valence-corrected chi connectivity index (χ2v) is 8.35. The lowest BCUT2D eigenvalue weighted by atomic mass is 9.92. The van der Waals surface area contributed by atoms with Crippen LogP contribution in [0.3, 0.4) is 0 Å². The molecule has 2 N–H and O–H groups in total. The summed E-state index contributed by atoms with van der Waals surface area (Å²) >= 11 is 1.21. The molecule has 0 atom stereocenters. The molecule has 0 spiro atoms. The first-order valence-corrected chi connectivity index (χ1v) is 10.6. The highest BCUT2D eigenvalue weighted by molar-refractivity contribution is 7.99. The molecule has 0 unspecified atom stereocenters. The third-order valence-corrected chi connectivity index (χ3v) is 5.41. The number of para-hydroxylation sites is 1. The van der Waals surface area contributed by atoms with E-state index in [1.807, 2.05) is 6.07 Å². The van der Waals surface area contributed by atoms with E-state index in [-0.39, 0.29) is 17.5 Å². The van der Waals surface area contributed by atoms with Crippen LogP contribution in [0.15, 0.2) is 47.6 Å². The quantitative estimate of drug-likeness (QED) is 0.496. The van der Waals surface area contributed by atoms with Crippen molar-refractivity contribution in [3.63, 3.8) is 0 Å². The van der Waals surface area contributed by atoms with Crippen LogP contribution in [-0.2, 0) is 4.79 Å². The van der Waals surface area contributed by atoms with Gasteiger partial charge in [0.05, 0.1) is 11.3 Å². The summed E-state index contributed by atoms with van der Waals surface area (Å²) in [5.74, 6) is 0.615. The maximum atomic E-state index is 13.9. The van der Waals surface area contributed by atoms with Gasteiger partial charge in [-0.3, -0.25) is 9.89 Å². The molecule has 0 aliphatic rings. The average Bonchev–Trinajstić information content (AvgIpc) is 3.15. The van der Waals surface area contributed by atoms with E-state index in [4.69, 9.17) is 0 Å². The van der Waals surface area contributed by atoms with Gasteiger partial charge in [-0.25, -0.2) is 9.37 Å². The smallest absolute Gasteiger partial charge is 0.234 e. The molecule has 152 valence electrons. The Morgan fingerprint density at radius 2 is 1.72 bits per heavy atom. The Morgan fingerprint density at radius 3 is 2.34 bits per heavy atom. The first-order valence-electron chi connectivity index (χ1n) is 9.59. The van der Waals surface area contributed by atoms with Crippen molar-refractivity contribution in [3.05, 3.63) is 59.4 Å². The maximum Gasteiger partial charge on any atom is 0.234 e. The van der Waals surface area contributed by atoms with Crippen molar-refractivity contribution in [2.45, 2.75) is 44.7 Å². The minimum absolute atomic E-state index is 0.123. The van der Waals surface area contributed by atoms with Crippen LogP contribution in [0.4, 0.5) is 10.1 Å². The van der Waals surface area contributed by atoms with Gasteiger partial charge >= 0.3 is 0 Å². The molecule has 5 nitrogen and oxygen atoms in total. The van der Waals surface area contributed by atoms with Crippen molar-refractivity contribution in [3.8, 4) is 11.4 Å². The minimum Gasteiger partial charge on any atom is -0.325 e. The average molecular weight is 413 g/mol. The standard InChI is InChI=1S/C22H25FN4OS/c1-13(2)15-9-7-10-16(14(3)4)20(15)24-19(28)12-29-22-25-21(26-27-22)17-8-5-6-11-18(17)23/h5-11,13-14H,12H2,1-4H3,(H,24,28)(H,25,26,27). The van der Waals surface area contributed by atoms with Crippen LogP contribution in [0.2, 0.25) is 0 Å². The molecule has 0 bridgehead atoms. The Bertz CT molecular complexity index is 974. The van der Waals surface area contributed by atoms with Gasteiger partial charge in [-0.1, -0.05) is 69.8 Å². The van der Waals surface area contributed by atoms with Crippen molar-refractivity contribution < 1.29 is 9.18 Å². The Labute approximate surface area is 174 Å². The van der Waals surface area contributed by atoms with Gasteiger partial charge < -0.3 is 5.32 Å². The summed E-state index contributed by atoms with van der Waals surface area (Å²) in [4.78, 5) is 16.9. The SMILES string of the molecule is CC(C)c1cccc(C(C)C)c1NC(=O)CSc1n[nH]c(-c2ccccc2F)n1. The molecule has 1 heterocycles. The fourth-order valence-corrected chi connectivity index (χ4v) is 3.68. The highest BCUT2D eigenvalue weighted by Crippen LogP contribution is 2.32. The summed E-state index contributed by atoms with van der Waals surface area (Å²) in [5.41, 5.74) is 3.48. The zero-order valence-corrected chi connectivity index (χ0v) is 17.8. The van der Waals surface area contributed by atoms with E-state index in [2.05, 4.69) is 60.3 Å². The highest BCUT2D eigenvalue weighted by Gasteiger charge is 2.17. The molecule has 0 aliphatic carbocycles. The number of hydrogen-bond acceptors (Lipinski definition) is 4. The number of anilines is 1. The fraction of sp³-hybridized carbons (Fsp3) is 0.318. The summed E-state index contributed by atoms with van der Waals surface area (Å²) < 4.78 is 13.9. The number of thioether (sulfide) groups is 1. The number of aromatic amines is 1. The number of hydrogen-bond donors (Lipinski definition) is 2. The normalized spacial score (nSPS) is 11.3. The molecule has 1 amide bonds. The van der Waals surface area contributed by atoms with E-state index in [0.29, 0.717) is 28.4 Å². The predicted octanol–water partition coefficient (Wildman–Crippen LogP) is 5.59. The van der Waals surface area contributed by atoms with Crippen molar-refractivity contribution in [1.29, 1.82) is 0 Å². The number of carbonyl (C=O) groups is 1. The number of rotatable bonds is 7. The first kappa shape index (κ1) is 21.0. The largest absolute Gasteiger partial charge is 0.325 e. The topological polar surface area (TPSA) is 70.7 Å². The van der Waals surface area contributed by atoms with Crippen LogP contribution in [0, 0.1) is 5.82 Å². The molecule has 7 heteroatoms. The number of benzene rings is 2. The van der Waals surface area contributed by atoms with Crippen LogP contribution in [-0.4, -0.2) is 26.8 Å². The highest BCUT2D eigenvalue weighted by atomic mass is 32.2. The van der Waals surface area contributed by atoms with Gasteiger partial charge in [-0.15, -0.1) is 5.10 Å². The molecule has 0 fully saturated rings. The lowest BCUT2D eigenvalue weighted by molar-refractivity contribution is -0.113. The first-order chi connectivity index (χ1) is 13.9. The van der Waals surface area contributed by atoms with Gasteiger partial charge in [0.15, 0.2) is 5.82 Å². The fourth-order valence-electron chi connectivity index (χ4n) is 3.09. The predicted molar refractivity (Wildman–Crippen MR) is 116 cm³/mol. The number of aromatic nitrogens is 3. The molecule has 1 aromatic heterocycles. The van der Waals surface area contributed by atoms with Gasteiger partial charge in [0, 0.05) is 5.69 Å². The molecule has 2 aromatic carbocycles. The van der Waals surface area contributed by atoms with E-state index in [9.17, 15) is 9.18 Å². The lowest BCUT2D eigenvalue weighted by Gasteiger charge is -2.20. The van der Waals surface area contributed by atoms with Crippen molar-refractivity contribution in [1.82, 2.24) is 15.2 Å². The third-order valence-electron chi connectivity index (χ3n) is 4.56. The van der Waals surface area contributed by atoms with Crippen LogP contribution < -0.4 is 5.32 Å². The minimum atomic E-state index is -0.371. The molecule has 3 rings (SSSR count). The third kappa shape index (κ3) is 5.03. The monoisotopic (exact) mass is 412 g/mol. The van der Waals surface area contributed by atoms with Gasteiger partial charge in [-0.05, 0) is 35.1 Å². The lowest BCUT2D eigenvalue weighted by Crippen LogP contribution is -2.17. The van der Waals surface area contributed by atoms with E-state index in [1.54, 1.807) is 18.2 Å². The summed E-state index contributed by atoms with van der Waals surface area (Å²) in [5, 5.41) is 10.3. The van der Waals surface area contributed by atoms with Crippen LogP contribution in [0.1, 0.15) is 50.7 Å². The Hall–Kier alpha value is -2.67. The number of nitrogens with one attached hydrogen (secondary N) is 2. The number of H-pyrrole nitrogens is 1. The summed E-state index contributed by atoms with van der Waals surface area (Å²) in [6.07, 6.45) is 0. The van der Waals surface area contributed by atoms with Crippen LogP contribution in [0.5, 0.6) is 0 Å². The zero-order valence-electron chi connectivity index (χ0n) is 17.0. The molecule has 29 heavy (non-hydrogen) atoms. The molecule has 0 aliphatic heterocycles. The molecule has 3 aromatic rings. The number of nitrogens with zero attached hydrogens (tertiary/aromatic N) is 2. The van der Waals surface area contributed by atoms with Crippen molar-refractivity contribution >= 4 is 23.4 Å². The maximum absolute atomic E-state index is 13.9. The second kappa shape index (κ2) is 9.22. The molecular formula is C22H25FN4OS. The molecular weight excluding hydrogens is 387 g/mol. The van der Waals surface area contributed by atoms with E-state index in [1.165, 1.54) is 17.8 Å². The Balaban J connectivity index is 1.69. The van der Waals surface area contributed by atoms with Gasteiger partial charge in [-0.2, -0.15) is 0 Å². The number of amides is 1. The number of carbonyl (C=O) groups excluding carboxylic acids is 1. The molecule has 0 radical (unpaired) electrons. The number of halogens is 1. The summed E-state index contributed by atoms with van der Waals surface area (Å²) in [6.45, 7) is 8.45. The van der Waals surface area contributed by atoms with Gasteiger partial charge in [0.1, 0.15) is 5.82 Å². The molecule has 0 saturated carbocycles. The zero-order chi connectivity index (χ0) is 21.0. The van der Waals surface area contributed by atoms with Crippen molar-refractivity contribution in [2.75, 3.05) is 11.1 Å². The molecule has 0 saturated heterocycles. The Morgan fingerprint density at radius 1 is 1.07 bits per heavy atom. The Kier molecular flexibility index (Phi) is 6.69. The van der Waals surface area contributed by atoms with E-state index >= 15 is 0 Å². The van der Waals surface area contributed by atoms with Crippen LogP contribution in [0.25, 0.3) is 11.4 Å². The van der Waals surface area contributed by atoms with Gasteiger partial charge in [0.25, 0.3) is 0 Å². The van der Waals surface area contributed by atoms with Crippen LogP contribution >= 0.6 is 11.8 Å². The van der Waals surface area contributed by atoms with E-state index < -0.39 is 0 Å². The van der Waals surface area contributed by atoms with Gasteiger partial charge in [0.2, 0.25) is 11.1 Å². The van der Waals surface area contributed by atoms with Crippen molar-refractivity contribution in [2.24, 2.45) is 0 Å². The second-order valence-electron chi connectivity index (χ2n) is 7.40. The van der Waals surface area contributed by atoms with E-state index in [0.717, 1.165) is 16.8 Å². The summed E-state index contributed by atoms with van der Waals surface area (Å²) in [6, 6.07) is 12.5.